The van der Waals surface area contributed by atoms with Crippen LogP contribution < -0.4 is 10.9 Å². The van der Waals surface area contributed by atoms with E-state index in [9.17, 15) is 9.59 Å². The van der Waals surface area contributed by atoms with E-state index in [1.165, 1.54) is 20.8 Å². The highest BCUT2D eigenvalue weighted by atomic mass is 32.1. The largest absolute Gasteiger partial charge is 0.303 e. The van der Waals surface area contributed by atoms with Gasteiger partial charge >= 0.3 is 0 Å². The summed E-state index contributed by atoms with van der Waals surface area (Å²) in [4.78, 5) is 33.3. The molecule has 134 valence electrons. The minimum absolute atomic E-state index is 0.161. The number of hydrogen-bond acceptors (Lipinski definition) is 5. The molecule has 1 aliphatic heterocycles. The van der Waals surface area contributed by atoms with Gasteiger partial charge in [0.2, 0.25) is 5.91 Å². The Kier molecular flexibility index (Phi) is 4.34. The van der Waals surface area contributed by atoms with Crippen molar-refractivity contribution in [3.8, 4) is 0 Å². The molecule has 0 spiro atoms. The van der Waals surface area contributed by atoms with Crippen molar-refractivity contribution in [2.24, 2.45) is 0 Å². The number of amides is 1. The molecule has 3 aromatic rings. The number of nitrogens with zero attached hydrogens (tertiary/aromatic N) is 3. The highest BCUT2D eigenvalue weighted by Gasteiger charge is 2.22. The van der Waals surface area contributed by atoms with Crippen molar-refractivity contribution in [2.45, 2.75) is 25.9 Å². The summed E-state index contributed by atoms with van der Waals surface area (Å²) in [7, 11) is 2.08. The van der Waals surface area contributed by atoms with Crippen molar-refractivity contribution < 1.29 is 4.79 Å². The Morgan fingerprint density at radius 3 is 2.96 bits per heavy atom. The molecule has 1 amide bonds. The van der Waals surface area contributed by atoms with Crippen molar-refractivity contribution in [2.75, 3.05) is 18.9 Å². The Morgan fingerprint density at radius 2 is 2.12 bits per heavy atom. The van der Waals surface area contributed by atoms with Crippen molar-refractivity contribution >= 4 is 33.1 Å². The van der Waals surface area contributed by atoms with Gasteiger partial charge in [0.25, 0.3) is 5.56 Å². The van der Waals surface area contributed by atoms with E-state index < -0.39 is 6.04 Å². The molecule has 3 heterocycles. The molecule has 0 saturated heterocycles. The van der Waals surface area contributed by atoms with Gasteiger partial charge in [-0.1, -0.05) is 18.2 Å². The zero-order valence-corrected chi connectivity index (χ0v) is 15.5. The zero-order chi connectivity index (χ0) is 18.3. The predicted molar refractivity (Wildman–Crippen MR) is 104 cm³/mol. The fourth-order valence-corrected chi connectivity index (χ4v) is 4.31. The first-order valence-corrected chi connectivity index (χ1v) is 9.42. The third kappa shape index (κ3) is 3.04. The number of rotatable bonds is 3. The molecular weight excluding hydrogens is 348 g/mol. The van der Waals surface area contributed by atoms with E-state index in [1.807, 2.05) is 24.3 Å². The average Bonchev–Trinajstić information content (AvgIpc) is 3.03. The van der Waals surface area contributed by atoms with E-state index in [2.05, 4.69) is 22.2 Å². The SMILES string of the molecule is CC(C(=O)Nc1nc2c(s1)CN(C)CC2)n1ccc2ccccc2c1=O. The summed E-state index contributed by atoms with van der Waals surface area (Å²) in [6.07, 6.45) is 2.58. The van der Waals surface area contributed by atoms with E-state index in [0.29, 0.717) is 10.5 Å². The monoisotopic (exact) mass is 368 g/mol. The maximum atomic E-state index is 12.7. The third-order valence-corrected chi connectivity index (χ3v) is 5.79. The van der Waals surface area contributed by atoms with Crippen LogP contribution >= 0.6 is 11.3 Å². The van der Waals surface area contributed by atoms with Crippen molar-refractivity contribution in [3.63, 3.8) is 0 Å². The van der Waals surface area contributed by atoms with Crippen LogP contribution in [0.25, 0.3) is 10.8 Å². The summed E-state index contributed by atoms with van der Waals surface area (Å²) in [5.74, 6) is -0.234. The normalized spacial score (nSPS) is 15.6. The van der Waals surface area contributed by atoms with Crippen LogP contribution in [0, 0.1) is 0 Å². The Balaban J connectivity index is 1.57. The molecule has 6 nitrogen and oxygen atoms in total. The second-order valence-corrected chi connectivity index (χ2v) is 7.74. The van der Waals surface area contributed by atoms with Crippen LogP contribution in [0.4, 0.5) is 5.13 Å². The van der Waals surface area contributed by atoms with Gasteiger partial charge in [-0.25, -0.2) is 4.98 Å². The van der Waals surface area contributed by atoms with Gasteiger partial charge in [0, 0.05) is 36.0 Å². The number of fused-ring (bicyclic) bond motifs is 2. The van der Waals surface area contributed by atoms with Gasteiger partial charge < -0.3 is 14.8 Å². The number of likely N-dealkylation sites (N-methyl/N-ethyl adjacent to an activating group) is 1. The van der Waals surface area contributed by atoms with Gasteiger partial charge in [0.1, 0.15) is 6.04 Å². The van der Waals surface area contributed by atoms with Crippen LogP contribution in [-0.4, -0.2) is 34.0 Å². The van der Waals surface area contributed by atoms with Gasteiger partial charge in [-0.3, -0.25) is 9.59 Å². The number of nitrogens with one attached hydrogen (secondary N) is 1. The fourth-order valence-electron chi connectivity index (χ4n) is 3.22. The molecule has 1 N–H and O–H groups in total. The van der Waals surface area contributed by atoms with Gasteiger partial charge in [0.15, 0.2) is 5.13 Å². The summed E-state index contributed by atoms with van der Waals surface area (Å²) < 4.78 is 1.47. The lowest BCUT2D eigenvalue weighted by atomic mass is 10.1. The first-order chi connectivity index (χ1) is 12.5. The molecule has 1 aromatic carbocycles. The quantitative estimate of drug-likeness (QED) is 0.772. The van der Waals surface area contributed by atoms with Gasteiger partial charge in [0.05, 0.1) is 5.69 Å². The Bertz CT molecular complexity index is 1040. The molecule has 1 aliphatic rings. The third-order valence-electron chi connectivity index (χ3n) is 4.79. The molecule has 26 heavy (non-hydrogen) atoms. The number of carbonyl (C=O) groups is 1. The van der Waals surface area contributed by atoms with Crippen LogP contribution in [0.2, 0.25) is 0 Å². The van der Waals surface area contributed by atoms with Crippen molar-refractivity contribution in [1.82, 2.24) is 14.5 Å². The van der Waals surface area contributed by atoms with Crippen LogP contribution in [0.15, 0.2) is 41.3 Å². The molecule has 7 heteroatoms. The molecule has 4 rings (SSSR count). The molecule has 0 aliphatic carbocycles. The number of thiazole rings is 1. The summed E-state index contributed by atoms with van der Waals surface area (Å²) in [5.41, 5.74) is 0.907. The lowest BCUT2D eigenvalue weighted by molar-refractivity contribution is -0.118. The van der Waals surface area contributed by atoms with Gasteiger partial charge in [-0.2, -0.15) is 0 Å². The van der Waals surface area contributed by atoms with E-state index in [4.69, 9.17) is 0 Å². The molecule has 1 unspecified atom stereocenters. The number of pyridine rings is 1. The number of carbonyl (C=O) groups excluding carboxylic acids is 1. The fraction of sp³-hybridized carbons (Fsp3) is 0.316. The Hall–Kier alpha value is -2.51. The van der Waals surface area contributed by atoms with Crippen molar-refractivity contribution in [3.05, 3.63) is 57.5 Å². The van der Waals surface area contributed by atoms with E-state index in [0.717, 1.165) is 30.6 Å². The molecule has 1 atom stereocenters. The van der Waals surface area contributed by atoms with Crippen LogP contribution in [0.5, 0.6) is 0 Å². The molecule has 2 aromatic heterocycles. The van der Waals surface area contributed by atoms with E-state index in [-0.39, 0.29) is 11.5 Å². The van der Waals surface area contributed by atoms with Gasteiger partial charge in [-0.15, -0.1) is 11.3 Å². The zero-order valence-electron chi connectivity index (χ0n) is 14.7. The summed E-state index contributed by atoms with van der Waals surface area (Å²) in [5, 5.41) is 4.97. The number of anilines is 1. The first kappa shape index (κ1) is 16.9. The molecule has 0 radical (unpaired) electrons. The standard InChI is InChI=1S/C19H20N4O2S/c1-12(23-10-7-13-5-3-4-6-14(13)18(23)25)17(24)21-19-20-15-8-9-22(2)11-16(15)26-19/h3-7,10,12H,8-9,11H2,1-2H3,(H,20,21,24). The number of hydrogen-bond donors (Lipinski definition) is 1. The van der Waals surface area contributed by atoms with Crippen LogP contribution in [0.1, 0.15) is 23.5 Å². The molecule has 0 fully saturated rings. The van der Waals surface area contributed by atoms with Gasteiger partial charge in [-0.05, 0) is 31.5 Å². The Morgan fingerprint density at radius 1 is 1.31 bits per heavy atom. The summed E-state index contributed by atoms with van der Waals surface area (Å²) in [6.45, 7) is 3.57. The van der Waals surface area contributed by atoms with Crippen molar-refractivity contribution in [1.29, 1.82) is 0 Å². The second-order valence-electron chi connectivity index (χ2n) is 6.66. The van der Waals surface area contributed by atoms with E-state index in [1.54, 1.807) is 19.2 Å². The molecule has 0 saturated carbocycles. The minimum Gasteiger partial charge on any atom is -0.303 e. The highest BCUT2D eigenvalue weighted by Crippen LogP contribution is 2.28. The minimum atomic E-state index is -0.615. The van der Waals surface area contributed by atoms with E-state index >= 15 is 0 Å². The Labute approximate surface area is 155 Å². The summed E-state index contributed by atoms with van der Waals surface area (Å²) in [6, 6.07) is 8.64. The topological polar surface area (TPSA) is 67.2 Å². The second kappa shape index (κ2) is 6.66. The maximum absolute atomic E-state index is 12.7. The van der Waals surface area contributed by atoms with Crippen LogP contribution in [0.3, 0.4) is 0 Å². The van der Waals surface area contributed by atoms with Crippen LogP contribution in [-0.2, 0) is 17.8 Å². The molecular formula is C19H20N4O2S. The predicted octanol–water partition coefficient (Wildman–Crippen LogP) is 2.65. The summed E-state index contributed by atoms with van der Waals surface area (Å²) >= 11 is 1.51. The maximum Gasteiger partial charge on any atom is 0.259 e. The average molecular weight is 368 g/mol. The number of benzene rings is 1. The lowest BCUT2D eigenvalue weighted by Crippen LogP contribution is -2.31. The smallest absolute Gasteiger partial charge is 0.259 e. The molecule has 0 bridgehead atoms. The number of aromatic nitrogens is 2. The first-order valence-electron chi connectivity index (χ1n) is 8.61. The highest BCUT2D eigenvalue weighted by molar-refractivity contribution is 7.15. The lowest BCUT2D eigenvalue weighted by Gasteiger charge is -2.20.